The molecule has 0 aliphatic rings. The van der Waals surface area contributed by atoms with Crippen LogP contribution in [-0.4, -0.2) is 31.8 Å². The summed E-state index contributed by atoms with van der Waals surface area (Å²) in [6.07, 6.45) is 1.27. The first-order valence-corrected chi connectivity index (χ1v) is 7.47. The van der Waals surface area contributed by atoms with Crippen LogP contribution >= 0.6 is 0 Å². The van der Waals surface area contributed by atoms with Gasteiger partial charge in [-0.1, -0.05) is 19.9 Å². The van der Waals surface area contributed by atoms with Crippen molar-refractivity contribution in [1.29, 1.82) is 0 Å². The fraction of sp³-hybridized carbons (Fsp3) is 0.750. The SMILES string of the molecule is C=CCS(=O)(=O)N[C@@H](C(=O)OC(C)(C)C)C(C)C. The lowest BCUT2D eigenvalue weighted by atomic mass is 10.1. The maximum atomic E-state index is 11.9. The third-order valence-electron chi connectivity index (χ3n) is 1.97. The molecule has 0 aromatic heterocycles. The number of sulfonamides is 1. The number of esters is 1. The standard InChI is InChI=1S/C12H23NO4S/c1-7-8-18(15,16)13-10(9(2)3)11(14)17-12(4,5)6/h7,9-10,13H,1,8H2,2-6H3/t10-/m1/s1. The van der Waals surface area contributed by atoms with E-state index < -0.39 is 27.6 Å². The van der Waals surface area contributed by atoms with E-state index in [1.54, 1.807) is 34.6 Å². The Bertz CT molecular complexity index is 393. The van der Waals surface area contributed by atoms with Gasteiger partial charge in [-0.2, -0.15) is 0 Å². The van der Waals surface area contributed by atoms with Crippen LogP contribution in [0.15, 0.2) is 12.7 Å². The molecule has 0 saturated carbocycles. The number of rotatable bonds is 6. The van der Waals surface area contributed by atoms with Gasteiger partial charge >= 0.3 is 5.97 Å². The van der Waals surface area contributed by atoms with E-state index in [1.807, 2.05) is 0 Å². The van der Waals surface area contributed by atoms with E-state index in [0.717, 1.165) is 0 Å². The number of ether oxygens (including phenoxy) is 1. The van der Waals surface area contributed by atoms with Gasteiger partial charge in [0.2, 0.25) is 10.0 Å². The molecule has 0 unspecified atom stereocenters. The molecule has 0 fully saturated rings. The van der Waals surface area contributed by atoms with E-state index in [2.05, 4.69) is 11.3 Å². The van der Waals surface area contributed by atoms with Crippen LogP contribution < -0.4 is 4.72 Å². The molecular weight excluding hydrogens is 254 g/mol. The average Bonchev–Trinajstić information content (AvgIpc) is 2.10. The minimum atomic E-state index is -3.55. The molecular formula is C12H23NO4S. The van der Waals surface area contributed by atoms with Crippen molar-refractivity contribution >= 4 is 16.0 Å². The molecule has 0 aromatic carbocycles. The fourth-order valence-corrected chi connectivity index (χ4v) is 2.38. The first-order valence-electron chi connectivity index (χ1n) is 5.82. The van der Waals surface area contributed by atoms with E-state index in [0.29, 0.717) is 0 Å². The van der Waals surface area contributed by atoms with Crippen molar-refractivity contribution in [1.82, 2.24) is 4.72 Å². The van der Waals surface area contributed by atoms with Gasteiger partial charge in [0.05, 0.1) is 5.75 Å². The van der Waals surface area contributed by atoms with Gasteiger partial charge < -0.3 is 4.74 Å². The van der Waals surface area contributed by atoms with E-state index >= 15 is 0 Å². The predicted molar refractivity (Wildman–Crippen MR) is 71.6 cm³/mol. The summed E-state index contributed by atoms with van der Waals surface area (Å²) in [4.78, 5) is 11.9. The molecule has 6 heteroatoms. The Labute approximate surface area is 110 Å². The predicted octanol–water partition coefficient (Wildman–Crippen LogP) is 1.46. The molecule has 0 heterocycles. The van der Waals surface area contributed by atoms with Crippen LogP contribution in [0, 0.1) is 5.92 Å². The third kappa shape index (κ3) is 6.76. The van der Waals surface area contributed by atoms with Crippen molar-refractivity contribution in [2.75, 3.05) is 5.75 Å². The molecule has 5 nitrogen and oxygen atoms in total. The highest BCUT2D eigenvalue weighted by Gasteiger charge is 2.30. The number of hydrogen-bond donors (Lipinski definition) is 1. The zero-order valence-corrected chi connectivity index (χ0v) is 12.5. The zero-order chi connectivity index (χ0) is 14.6. The van der Waals surface area contributed by atoms with Crippen LogP contribution in [0.2, 0.25) is 0 Å². The molecule has 0 rings (SSSR count). The minimum Gasteiger partial charge on any atom is -0.459 e. The largest absolute Gasteiger partial charge is 0.459 e. The van der Waals surface area contributed by atoms with E-state index in [9.17, 15) is 13.2 Å². The van der Waals surface area contributed by atoms with Crippen molar-refractivity contribution in [3.63, 3.8) is 0 Å². The van der Waals surface area contributed by atoms with Crippen LogP contribution in [0.1, 0.15) is 34.6 Å². The smallest absolute Gasteiger partial charge is 0.324 e. The highest BCUT2D eigenvalue weighted by Crippen LogP contribution is 2.13. The molecule has 0 aliphatic heterocycles. The van der Waals surface area contributed by atoms with Crippen LogP contribution in [0.5, 0.6) is 0 Å². The van der Waals surface area contributed by atoms with Crippen LogP contribution in [0.4, 0.5) is 0 Å². The van der Waals surface area contributed by atoms with Gasteiger partial charge in [-0.25, -0.2) is 13.1 Å². The van der Waals surface area contributed by atoms with E-state index in [1.165, 1.54) is 6.08 Å². The second-order valence-corrected chi connectivity index (χ2v) is 7.24. The molecule has 0 amide bonds. The van der Waals surface area contributed by atoms with Gasteiger partial charge in [0.25, 0.3) is 0 Å². The van der Waals surface area contributed by atoms with E-state index in [-0.39, 0.29) is 11.7 Å². The summed E-state index contributed by atoms with van der Waals surface area (Å²) in [6, 6.07) is -0.880. The van der Waals surface area contributed by atoms with E-state index in [4.69, 9.17) is 4.74 Å². The normalized spacial score (nSPS) is 14.3. The maximum absolute atomic E-state index is 11.9. The topological polar surface area (TPSA) is 72.5 Å². The summed E-state index contributed by atoms with van der Waals surface area (Å²) < 4.78 is 30.8. The average molecular weight is 277 g/mol. The summed E-state index contributed by atoms with van der Waals surface area (Å²) in [5, 5.41) is 0. The number of nitrogens with one attached hydrogen (secondary N) is 1. The molecule has 0 bridgehead atoms. The van der Waals surface area contributed by atoms with Gasteiger partial charge in [0.15, 0.2) is 0 Å². The van der Waals surface area contributed by atoms with Crippen LogP contribution in [-0.2, 0) is 19.6 Å². The third-order valence-corrected chi connectivity index (χ3v) is 3.26. The number of carbonyl (C=O) groups is 1. The highest BCUT2D eigenvalue weighted by molar-refractivity contribution is 7.89. The fourth-order valence-electron chi connectivity index (χ4n) is 1.22. The maximum Gasteiger partial charge on any atom is 0.324 e. The van der Waals surface area contributed by atoms with Crippen molar-refractivity contribution < 1.29 is 17.9 Å². The Morgan fingerprint density at radius 1 is 1.39 bits per heavy atom. The Morgan fingerprint density at radius 2 is 1.89 bits per heavy atom. The summed E-state index contributed by atoms with van der Waals surface area (Å²) in [7, 11) is -3.55. The first-order chi connectivity index (χ1) is 7.98. The lowest BCUT2D eigenvalue weighted by Gasteiger charge is -2.26. The number of hydrogen-bond acceptors (Lipinski definition) is 4. The summed E-state index contributed by atoms with van der Waals surface area (Å²) in [5.41, 5.74) is -0.645. The molecule has 1 N–H and O–H groups in total. The molecule has 0 aromatic rings. The van der Waals surface area contributed by atoms with Gasteiger partial charge in [-0.3, -0.25) is 4.79 Å². The molecule has 106 valence electrons. The summed E-state index contributed by atoms with van der Waals surface area (Å²) >= 11 is 0. The summed E-state index contributed by atoms with van der Waals surface area (Å²) in [6.45, 7) is 12.1. The molecule has 0 aliphatic carbocycles. The van der Waals surface area contributed by atoms with Crippen molar-refractivity contribution in [3.8, 4) is 0 Å². The lowest BCUT2D eigenvalue weighted by molar-refractivity contribution is -0.158. The first kappa shape index (κ1) is 17.1. The zero-order valence-electron chi connectivity index (χ0n) is 11.7. The number of carbonyl (C=O) groups excluding carboxylic acids is 1. The van der Waals surface area contributed by atoms with Gasteiger partial charge in [-0.15, -0.1) is 6.58 Å². The second kappa shape index (κ2) is 6.33. The summed E-state index contributed by atoms with van der Waals surface area (Å²) in [5.74, 6) is -0.983. The molecule has 1 atom stereocenters. The molecule has 0 saturated heterocycles. The Balaban J connectivity index is 4.89. The van der Waals surface area contributed by atoms with Crippen LogP contribution in [0.3, 0.4) is 0 Å². The minimum absolute atomic E-state index is 0.195. The molecule has 18 heavy (non-hydrogen) atoms. The second-order valence-electron chi connectivity index (χ2n) is 5.44. The quantitative estimate of drug-likeness (QED) is 0.589. The van der Waals surface area contributed by atoms with Crippen molar-refractivity contribution in [2.45, 2.75) is 46.3 Å². The Kier molecular flexibility index (Phi) is 6.02. The Morgan fingerprint density at radius 3 is 2.22 bits per heavy atom. The highest BCUT2D eigenvalue weighted by atomic mass is 32.2. The lowest BCUT2D eigenvalue weighted by Crippen LogP contribution is -2.47. The van der Waals surface area contributed by atoms with Gasteiger partial charge in [0, 0.05) is 0 Å². The van der Waals surface area contributed by atoms with Crippen molar-refractivity contribution in [2.24, 2.45) is 5.92 Å². The monoisotopic (exact) mass is 277 g/mol. The van der Waals surface area contributed by atoms with Gasteiger partial charge in [-0.05, 0) is 26.7 Å². The molecule has 0 radical (unpaired) electrons. The van der Waals surface area contributed by atoms with Crippen LogP contribution in [0.25, 0.3) is 0 Å². The van der Waals surface area contributed by atoms with Crippen molar-refractivity contribution in [3.05, 3.63) is 12.7 Å². The van der Waals surface area contributed by atoms with Gasteiger partial charge in [0.1, 0.15) is 11.6 Å². The molecule has 0 spiro atoms. The Hall–Kier alpha value is -0.880.